The number of ether oxygens (including phenoxy) is 1. The van der Waals surface area contributed by atoms with Crippen LogP contribution in [-0.2, 0) is 9.53 Å². The molecule has 0 amide bonds. The van der Waals surface area contributed by atoms with Crippen molar-refractivity contribution in [2.45, 2.75) is 0 Å². The molecule has 2 N–H and O–H groups in total. The third kappa shape index (κ3) is 2.04. The summed E-state index contributed by atoms with van der Waals surface area (Å²) in [6, 6.07) is 8.35. The number of aliphatic carboxylic acids is 1. The molecule has 0 aliphatic rings. The zero-order valence-electron chi connectivity index (χ0n) is 7.60. The lowest BCUT2D eigenvalue weighted by Crippen LogP contribution is -2.06. The van der Waals surface area contributed by atoms with Crippen LogP contribution in [0.3, 0.4) is 0 Å². The van der Waals surface area contributed by atoms with Gasteiger partial charge >= 0.3 is 5.97 Å². The van der Waals surface area contributed by atoms with Crippen LogP contribution in [0.5, 0.6) is 0 Å². The summed E-state index contributed by atoms with van der Waals surface area (Å²) in [6.45, 7) is 0. The van der Waals surface area contributed by atoms with E-state index in [4.69, 9.17) is 5.11 Å². The maximum atomic E-state index is 10.6. The molecule has 14 heavy (non-hydrogen) atoms. The standard InChI is InChI=1S/C10H10O4/c1-14-9(10(12)13)8(11)7-5-3-2-4-6-7/h2-6,11H,1H3,(H,12,13). The molecule has 1 aromatic rings. The largest absolute Gasteiger partial charge is 0.504 e. The number of carbonyl (C=O) groups is 1. The molecule has 0 unspecified atom stereocenters. The van der Waals surface area contributed by atoms with E-state index in [0.717, 1.165) is 0 Å². The van der Waals surface area contributed by atoms with Crippen LogP contribution in [0.2, 0.25) is 0 Å². The summed E-state index contributed by atoms with van der Waals surface area (Å²) in [5, 5.41) is 18.2. The van der Waals surface area contributed by atoms with Crippen molar-refractivity contribution in [1.82, 2.24) is 0 Å². The minimum atomic E-state index is -1.30. The molecule has 0 spiro atoms. The predicted molar refractivity (Wildman–Crippen MR) is 50.6 cm³/mol. The Labute approximate surface area is 81.1 Å². The predicted octanol–water partition coefficient (Wildman–Crippen LogP) is 1.64. The Hall–Kier alpha value is -1.97. The fourth-order valence-electron chi connectivity index (χ4n) is 1.01. The van der Waals surface area contributed by atoms with Crippen molar-refractivity contribution in [3.05, 3.63) is 41.7 Å². The molecule has 0 aliphatic carbocycles. The molecule has 0 aliphatic heterocycles. The number of rotatable bonds is 3. The van der Waals surface area contributed by atoms with Gasteiger partial charge in [0.15, 0.2) is 5.76 Å². The van der Waals surface area contributed by atoms with Crippen LogP contribution in [0.1, 0.15) is 5.56 Å². The summed E-state index contributed by atoms with van der Waals surface area (Å²) >= 11 is 0. The molecule has 4 heteroatoms. The van der Waals surface area contributed by atoms with Gasteiger partial charge in [-0.1, -0.05) is 30.3 Å². The maximum absolute atomic E-state index is 10.6. The van der Waals surface area contributed by atoms with Crippen LogP contribution >= 0.6 is 0 Å². The van der Waals surface area contributed by atoms with Gasteiger partial charge in [-0.25, -0.2) is 4.79 Å². The van der Waals surface area contributed by atoms with Gasteiger partial charge in [-0.15, -0.1) is 0 Å². The first kappa shape index (κ1) is 10.1. The highest BCUT2D eigenvalue weighted by Crippen LogP contribution is 2.15. The topological polar surface area (TPSA) is 66.8 Å². The number of carboxylic acids is 1. The monoisotopic (exact) mass is 194 g/mol. The highest BCUT2D eigenvalue weighted by Gasteiger charge is 2.15. The van der Waals surface area contributed by atoms with E-state index in [-0.39, 0.29) is 5.76 Å². The lowest BCUT2D eigenvalue weighted by atomic mass is 10.1. The fourth-order valence-corrected chi connectivity index (χ4v) is 1.01. The normalized spacial score (nSPS) is 11.8. The first-order chi connectivity index (χ1) is 6.66. The molecule has 4 nitrogen and oxygen atoms in total. The van der Waals surface area contributed by atoms with Gasteiger partial charge in [0, 0.05) is 5.56 Å². The van der Waals surface area contributed by atoms with Gasteiger partial charge in [0.1, 0.15) is 0 Å². The van der Waals surface area contributed by atoms with Gasteiger partial charge in [0.2, 0.25) is 5.76 Å². The summed E-state index contributed by atoms with van der Waals surface area (Å²) in [7, 11) is 1.20. The fraction of sp³-hybridized carbons (Fsp3) is 0.100. The molecule has 0 aromatic heterocycles. The van der Waals surface area contributed by atoms with E-state index in [0.29, 0.717) is 5.56 Å². The molecule has 0 fully saturated rings. The average Bonchev–Trinajstić information content (AvgIpc) is 2.19. The Morgan fingerprint density at radius 1 is 1.21 bits per heavy atom. The smallest absolute Gasteiger partial charge is 0.375 e. The third-order valence-electron chi connectivity index (χ3n) is 1.66. The maximum Gasteiger partial charge on any atom is 0.375 e. The molecule has 0 atom stereocenters. The number of benzene rings is 1. The average molecular weight is 194 g/mol. The SMILES string of the molecule is COC(C(=O)O)=C(O)c1ccccc1. The molecule has 74 valence electrons. The molecule has 1 aromatic carbocycles. The first-order valence-corrected chi connectivity index (χ1v) is 3.92. The van der Waals surface area contributed by atoms with E-state index < -0.39 is 11.7 Å². The molecule has 0 radical (unpaired) electrons. The van der Waals surface area contributed by atoms with Crippen molar-refractivity contribution in [2.75, 3.05) is 7.11 Å². The molecule has 1 rings (SSSR count). The van der Waals surface area contributed by atoms with E-state index in [1.807, 2.05) is 0 Å². The van der Waals surface area contributed by atoms with Crippen molar-refractivity contribution in [3.63, 3.8) is 0 Å². The van der Waals surface area contributed by atoms with Crippen molar-refractivity contribution >= 4 is 11.7 Å². The second-order valence-electron chi connectivity index (χ2n) is 2.55. The molecular weight excluding hydrogens is 184 g/mol. The summed E-state index contributed by atoms with van der Waals surface area (Å²) in [5.74, 6) is -2.13. The van der Waals surface area contributed by atoms with Crippen molar-refractivity contribution in [3.8, 4) is 0 Å². The minimum absolute atomic E-state index is 0.374. The van der Waals surface area contributed by atoms with Crippen LogP contribution in [-0.4, -0.2) is 23.3 Å². The van der Waals surface area contributed by atoms with Gasteiger partial charge in [-0.3, -0.25) is 0 Å². The molecule has 0 saturated carbocycles. The van der Waals surface area contributed by atoms with E-state index in [1.54, 1.807) is 30.3 Å². The number of carboxylic acid groups (broad SMARTS) is 1. The van der Waals surface area contributed by atoms with E-state index in [1.165, 1.54) is 7.11 Å². The van der Waals surface area contributed by atoms with Gasteiger partial charge in [-0.2, -0.15) is 0 Å². The molecule has 0 saturated heterocycles. The van der Waals surface area contributed by atoms with Gasteiger partial charge in [-0.05, 0) is 0 Å². The minimum Gasteiger partial charge on any atom is -0.504 e. The van der Waals surface area contributed by atoms with E-state index in [9.17, 15) is 9.90 Å². The third-order valence-corrected chi connectivity index (χ3v) is 1.66. The van der Waals surface area contributed by atoms with Crippen LogP contribution in [0, 0.1) is 0 Å². The number of methoxy groups -OCH3 is 1. The summed E-state index contributed by atoms with van der Waals surface area (Å²) in [6.07, 6.45) is 0. The zero-order chi connectivity index (χ0) is 10.6. The Bertz CT molecular complexity index is 354. The van der Waals surface area contributed by atoms with Crippen LogP contribution in [0.15, 0.2) is 36.1 Å². The van der Waals surface area contributed by atoms with Crippen molar-refractivity contribution in [2.24, 2.45) is 0 Å². The summed E-state index contributed by atoms with van der Waals surface area (Å²) in [4.78, 5) is 10.6. The van der Waals surface area contributed by atoms with E-state index in [2.05, 4.69) is 4.74 Å². The van der Waals surface area contributed by atoms with Crippen LogP contribution in [0.25, 0.3) is 5.76 Å². The highest BCUT2D eigenvalue weighted by atomic mass is 16.5. The lowest BCUT2D eigenvalue weighted by molar-refractivity contribution is -0.136. The molecule has 0 bridgehead atoms. The molecule has 0 heterocycles. The number of aliphatic hydroxyl groups excluding tert-OH is 1. The van der Waals surface area contributed by atoms with Gasteiger partial charge < -0.3 is 14.9 Å². The van der Waals surface area contributed by atoms with Crippen molar-refractivity contribution < 1.29 is 19.7 Å². The highest BCUT2D eigenvalue weighted by molar-refractivity contribution is 5.92. The summed E-state index contributed by atoms with van der Waals surface area (Å²) in [5.41, 5.74) is 0.409. The molecular formula is C10H10O4. The van der Waals surface area contributed by atoms with Gasteiger partial charge in [0.25, 0.3) is 0 Å². The van der Waals surface area contributed by atoms with Crippen LogP contribution < -0.4 is 0 Å². The second kappa shape index (κ2) is 4.32. The second-order valence-corrected chi connectivity index (χ2v) is 2.55. The number of hydrogen-bond donors (Lipinski definition) is 2. The van der Waals surface area contributed by atoms with Crippen LogP contribution in [0.4, 0.5) is 0 Å². The lowest BCUT2D eigenvalue weighted by Gasteiger charge is -2.04. The Balaban J connectivity index is 3.15. The number of aliphatic hydroxyl groups is 1. The first-order valence-electron chi connectivity index (χ1n) is 3.92. The Morgan fingerprint density at radius 2 is 1.79 bits per heavy atom. The van der Waals surface area contributed by atoms with Gasteiger partial charge in [0.05, 0.1) is 7.11 Å². The van der Waals surface area contributed by atoms with E-state index >= 15 is 0 Å². The summed E-state index contributed by atoms with van der Waals surface area (Å²) < 4.78 is 4.56. The van der Waals surface area contributed by atoms with Crippen molar-refractivity contribution in [1.29, 1.82) is 0 Å². The zero-order valence-corrected chi connectivity index (χ0v) is 7.60. The number of hydrogen-bond acceptors (Lipinski definition) is 3. The Morgan fingerprint density at radius 3 is 2.21 bits per heavy atom. The Kier molecular flexibility index (Phi) is 3.12. The quantitative estimate of drug-likeness (QED) is 0.567.